The molecule has 0 atom stereocenters. The quantitative estimate of drug-likeness (QED) is 0.809. The van der Waals surface area contributed by atoms with Crippen LogP contribution in [0.3, 0.4) is 0 Å². The number of anilines is 2. The van der Waals surface area contributed by atoms with Gasteiger partial charge in [-0.1, -0.05) is 29.3 Å². The van der Waals surface area contributed by atoms with Crippen molar-refractivity contribution in [3.63, 3.8) is 0 Å². The van der Waals surface area contributed by atoms with E-state index < -0.39 is 0 Å². The molecule has 1 fully saturated rings. The van der Waals surface area contributed by atoms with Gasteiger partial charge < -0.3 is 5.32 Å². The van der Waals surface area contributed by atoms with Crippen molar-refractivity contribution in [2.45, 2.75) is 32.6 Å². The SMILES string of the molecule is Cc1ccc(Cl)cc1Nc1nc(C2CC2)nc(Cl)c1C. The maximum Gasteiger partial charge on any atom is 0.138 e. The van der Waals surface area contributed by atoms with Crippen LogP contribution in [0, 0.1) is 13.8 Å². The molecule has 0 aliphatic heterocycles. The van der Waals surface area contributed by atoms with Crippen molar-refractivity contribution in [2.75, 3.05) is 5.32 Å². The molecule has 0 saturated heterocycles. The van der Waals surface area contributed by atoms with Gasteiger partial charge in [-0.05, 0) is 44.4 Å². The maximum atomic E-state index is 6.21. The Morgan fingerprint density at radius 3 is 2.60 bits per heavy atom. The topological polar surface area (TPSA) is 37.8 Å². The van der Waals surface area contributed by atoms with Crippen LogP contribution < -0.4 is 5.32 Å². The molecule has 104 valence electrons. The summed E-state index contributed by atoms with van der Waals surface area (Å²) in [5.41, 5.74) is 2.91. The van der Waals surface area contributed by atoms with E-state index in [2.05, 4.69) is 15.3 Å². The van der Waals surface area contributed by atoms with Gasteiger partial charge in [0.05, 0.1) is 0 Å². The van der Waals surface area contributed by atoms with Gasteiger partial charge in [0.1, 0.15) is 16.8 Å². The van der Waals surface area contributed by atoms with Gasteiger partial charge in [-0.3, -0.25) is 0 Å². The molecule has 1 N–H and O–H groups in total. The van der Waals surface area contributed by atoms with Gasteiger partial charge in [-0.25, -0.2) is 9.97 Å². The molecular formula is C15H15Cl2N3. The van der Waals surface area contributed by atoms with Crippen molar-refractivity contribution in [2.24, 2.45) is 0 Å². The Kier molecular flexibility index (Phi) is 3.57. The molecule has 20 heavy (non-hydrogen) atoms. The van der Waals surface area contributed by atoms with E-state index in [1.165, 1.54) is 0 Å². The van der Waals surface area contributed by atoms with Gasteiger partial charge in [0.25, 0.3) is 0 Å². The molecular weight excluding hydrogens is 293 g/mol. The van der Waals surface area contributed by atoms with Gasteiger partial charge in [-0.2, -0.15) is 0 Å². The summed E-state index contributed by atoms with van der Waals surface area (Å²) in [7, 11) is 0. The van der Waals surface area contributed by atoms with Crippen molar-refractivity contribution in [1.29, 1.82) is 0 Å². The Morgan fingerprint density at radius 2 is 1.90 bits per heavy atom. The van der Waals surface area contributed by atoms with E-state index in [4.69, 9.17) is 23.2 Å². The first-order valence-electron chi connectivity index (χ1n) is 6.62. The molecule has 3 nitrogen and oxygen atoms in total. The smallest absolute Gasteiger partial charge is 0.138 e. The predicted molar refractivity (Wildman–Crippen MR) is 83.2 cm³/mol. The highest BCUT2D eigenvalue weighted by atomic mass is 35.5. The average Bonchev–Trinajstić information content (AvgIpc) is 3.23. The van der Waals surface area contributed by atoms with Gasteiger partial charge in [0.15, 0.2) is 0 Å². The van der Waals surface area contributed by atoms with E-state index in [1.807, 2.05) is 32.0 Å². The Balaban J connectivity index is 1.99. The van der Waals surface area contributed by atoms with Crippen LogP contribution in [0.15, 0.2) is 18.2 Å². The minimum absolute atomic E-state index is 0.467. The summed E-state index contributed by atoms with van der Waals surface area (Å²) in [6, 6.07) is 5.74. The molecule has 5 heteroatoms. The van der Waals surface area contributed by atoms with E-state index in [1.54, 1.807) is 0 Å². The molecule has 1 aromatic carbocycles. The summed E-state index contributed by atoms with van der Waals surface area (Å²) >= 11 is 12.3. The number of rotatable bonds is 3. The zero-order chi connectivity index (χ0) is 14.3. The minimum atomic E-state index is 0.467. The molecule has 1 saturated carbocycles. The van der Waals surface area contributed by atoms with Crippen LogP contribution in [0.25, 0.3) is 0 Å². The molecule has 1 aromatic heterocycles. The van der Waals surface area contributed by atoms with E-state index in [0.29, 0.717) is 16.1 Å². The third kappa shape index (κ3) is 2.74. The fourth-order valence-corrected chi connectivity index (χ4v) is 2.36. The van der Waals surface area contributed by atoms with Crippen LogP contribution in [0.2, 0.25) is 10.2 Å². The second kappa shape index (κ2) is 5.23. The molecule has 0 amide bonds. The van der Waals surface area contributed by atoms with Crippen molar-refractivity contribution in [3.8, 4) is 0 Å². The molecule has 0 unspecified atom stereocenters. The third-order valence-electron chi connectivity index (χ3n) is 3.50. The highest BCUT2D eigenvalue weighted by Crippen LogP contribution is 2.40. The van der Waals surface area contributed by atoms with E-state index in [-0.39, 0.29) is 0 Å². The van der Waals surface area contributed by atoms with Gasteiger partial charge in [0, 0.05) is 22.2 Å². The van der Waals surface area contributed by atoms with Crippen LogP contribution in [-0.2, 0) is 0 Å². The molecule has 1 aliphatic rings. The standard InChI is InChI=1S/C15H15Cl2N3/c1-8-3-6-11(16)7-12(8)18-14-9(2)13(17)19-15(20-14)10-4-5-10/h3,6-7,10H,4-5H2,1-2H3,(H,18,19,20). The van der Waals surface area contributed by atoms with E-state index in [9.17, 15) is 0 Å². The number of aromatic nitrogens is 2. The third-order valence-corrected chi connectivity index (χ3v) is 4.10. The molecule has 2 aromatic rings. The Hall–Kier alpha value is -1.32. The number of hydrogen-bond donors (Lipinski definition) is 1. The number of benzene rings is 1. The molecule has 0 bridgehead atoms. The van der Waals surface area contributed by atoms with Crippen LogP contribution >= 0.6 is 23.2 Å². The van der Waals surface area contributed by atoms with Crippen LogP contribution in [-0.4, -0.2) is 9.97 Å². The average molecular weight is 308 g/mol. The number of halogens is 2. The van der Waals surface area contributed by atoms with Crippen molar-refractivity contribution in [3.05, 3.63) is 45.3 Å². The fourth-order valence-electron chi connectivity index (χ4n) is 2.01. The highest BCUT2D eigenvalue weighted by Gasteiger charge is 2.28. The molecule has 3 rings (SSSR count). The largest absolute Gasteiger partial charge is 0.340 e. The molecule has 1 aliphatic carbocycles. The van der Waals surface area contributed by atoms with Crippen LogP contribution in [0.1, 0.15) is 35.7 Å². The van der Waals surface area contributed by atoms with E-state index in [0.717, 1.165) is 41.3 Å². The first kappa shape index (κ1) is 13.7. The number of nitrogens with zero attached hydrogens (tertiary/aromatic N) is 2. The summed E-state index contributed by atoms with van der Waals surface area (Å²) in [6.07, 6.45) is 2.30. The highest BCUT2D eigenvalue weighted by molar-refractivity contribution is 6.31. The normalized spacial score (nSPS) is 14.4. The first-order valence-corrected chi connectivity index (χ1v) is 7.37. The number of aryl methyl sites for hydroxylation is 1. The Labute approximate surface area is 128 Å². The lowest BCUT2D eigenvalue weighted by atomic mass is 10.2. The summed E-state index contributed by atoms with van der Waals surface area (Å²) < 4.78 is 0. The summed E-state index contributed by atoms with van der Waals surface area (Å²) in [4.78, 5) is 8.98. The fraction of sp³-hybridized carbons (Fsp3) is 0.333. The molecule has 1 heterocycles. The van der Waals surface area contributed by atoms with E-state index >= 15 is 0 Å². The second-order valence-corrected chi connectivity index (χ2v) is 6.00. The van der Waals surface area contributed by atoms with Crippen LogP contribution in [0.4, 0.5) is 11.5 Å². The first-order chi connectivity index (χ1) is 9.54. The Bertz CT molecular complexity index is 666. The number of hydrogen-bond acceptors (Lipinski definition) is 3. The summed E-state index contributed by atoms with van der Waals surface area (Å²) in [6.45, 7) is 3.94. The van der Waals surface area contributed by atoms with Gasteiger partial charge >= 0.3 is 0 Å². The second-order valence-electron chi connectivity index (χ2n) is 5.20. The van der Waals surface area contributed by atoms with Crippen molar-refractivity contribution < 1.29 is 0 Å². The predicted octanol–water partition coefficient (Wildman–Crippen LogP) is 5.02. The number of nitrogens with one attached hydrogen (secondary N) is 1. The van der Waals surface area contributed by atoms with Crippen molar-refractivity contribution in [1.82, 2.24) is 9.97 Å². The minimum Gasteiger partial charge on any atom is -0.340 e. The summed E-state index contributed by atoms with van der Waals surface area (Å²) in [5.74, 6) is 2.06. The van der Waals surface area contributed by atoms with Crippen molar-refractivity contribution >= 4 is 34.7 Å². The Morgan fingerprint density at radius 1 is 1.15 bits per heavy atom. The summed E-state index contributed by atoms with van der Waals surface area (Å²) in [5, 5.41) is 4.54. The monoisotopic (exact) mass is 307 g/mol. The lowest BCUT2D eigenvalue weighted by Gasteiger charge is -2.13. The van der Waals surface area contributed by atoms with Crippen LogP contribution in [0.5, 0.6) is 0 Å². The molecule has 0 spiro atoms. The maximum absolute atomic E-state index is 6.21. The lowest BCUT2D eigenvalue weighted by molar-refractivity contribution is 0.921. The van der Waals surface area contributed by atoms with Gasteiger partial charge in [-0.15, -0.1) is 0 Å². The molecule has 0 radical (unpaired) electrons. The lowest BCUT2D eigenvalue weighted by Crippen LogP contribution is -2.04. The van der Waals surface area contributed by atoms with Gasteiger partial charge in [0.2, 0.25) is 0 Å². The zero-order valence-electron chi connectivity index (χ0n) is 11.4. The zero-order valence-corrected chi connectivity index (χ0v) is 12.9.